The lowest BCUT2D eigenvalue weighted by Crippen LogP contribution is -2.21. The number of aryl methyl sites for hydroxylation is 1. The van der Waals surface area contributed by atoms with Crippen LogP contribution in [-0.2, 0) is 0 Å². The molecule has 0 aliphatic carbocycles. The highest BCUT2D eigenvalue weighted by Crippen LogP contribution is 2.11. The summed E-state index contributed by atoms with van der Waals surface area (Å²) in [6, 6.07) is 7.83. The number of benzene rings is 1. The summed E-state index contributed by atoms with van der Waals surface area (Å²) >= 11 is 0. The molecule has 1 unspecified atom stereocenters. The van der Waals surface area contributed by atoms with Crippen molar-refractivity contribution >= 4 is 0 Å². The SMILES string of the molecule is Cc1ccc(OCCC(O)CN)cc1. The molecule has 0 amide bonds. The lowest BCUT2D eigenvalue weighted by atomic mass is 10.2. The van der Waals surface area contributed by atoms with E-state index in [9.17, 15) is 5.11 Å². The molecule has 78 valence electrons. The van der Waals surface area contributed by atoms with Gasteiger partial charge in [0, 0.05) is 13.0 Å². The average Bonchev–Trinajstić information content (AvgIpc) is 2.21. The van der Waals surface area contributed by atoms with Crippen LogP contribution >= 0.6 is 0 Å². The van der Waals surface area contributed by atoms with Crippen LogP contribution in [0.4, 0.5) is 0 Å². The molecule has 0 saturated carbocycles. The Morgan fingerprint density at radius 3 is 2.57 bits per heavy atom. The van der Waals surface area contributed by atoms with Crippen molar-refractivity contribution in [3.8, 4) is 5.75 Å². The third-order valence-electron chi connectivity index (χ3n) is 2.01. The first kappa shape index (κ1) is 11.0. The van der Waals surface area contributed by atoms with Crippen LogP contribution in [0.2, 0.25) is 0 Å². The van der Waals surface area contributed by atoms with Crippen molar-refractivity contribution in [2.24, 2.45) is 5.73 Å². The summed E-state index contributed by atoms with van der Waals surface area (Å²) in [4.78, 5) is 0. The Bertz CT molecular complexity index is 258. The Balaban J connectivity index is 2.28. The number of rotatable bonds is 5. The second kappa shape index (κ2) is 5.62. The molecule has 0 aromatic heterocycles. The van der Waals surface area contributed by atoms with E-state index in [0.717, 1.165) is 5.75 Å². The number of hydrogen-bond acceptors (Lipinski definition) is 3. The predicted molar refractivity (Wildman–Crippen MR) is 56.4 cm³/mol. The fourth-order valence-corrected chi connectivity index (χ4v) is 1.07. The third-order valence-corrected chi connectivity index (χ3v) is 2.01. The topological polar surface area (TPSA) is 55.5 Å². The maximum absolute atomic E-state index is 9.18. The molecule has 1 aromatic rings. The molecule has 14 heavy (non-hydrogen) atoms. The summed E-state index contributed by atoms with van der Waals surface area (Å²) in [6.45, 7) is 2.82. The van der Waals surface area contributed by atoms with E-state index in [1.165, 1.54) is 5.56 Å². The minimum Gasteiger partial charge on any atom is -0.493 e. The van der Waals surface area contributed by atoms with E-state index in [0.29, 0.717) is 13.0 Å². The number of aliphatic hydroxyl groups excluding tert-OH is 1. The number of ether oxygens (including phenoxy) is 1. The van der Waals surface area contributed by atoms with Gasteiger partial charge < -0.3 is 15.6 Å². The standard InChI is InChI=1S/C11H17NO2/c1-9-2-4-11(5-3-9)14-7-6-10(13)8-12/h2-5,10,13H,6-8,12H2,1H3. The zero-order valence-electron chi connectivity index (χ0n) is 8.44. The van der Waals surface area contributed by atoms with Gasteiger partial charge >= 0.3 is 0 Å². The minimum atomic E-state index is -0.458. The van der Waals surface area contributed by atoms with Crippen LogP contribution in [0.15, 0.2) is 24.3 Å². The van der Waals surface area contributed by atoms with E-state index in [-0.39, 0.29) is 6.54 Å². The van der Waals surface area contributed by atoms with Crippen molar-refractivity contribution in [2.45, 2.75) is 19.4 Å². The van der Waals surface area contributed by atoms with Gasteiger partial charge in [0.15, 0.2) is 0 Å². The molecule has 1 atom stereocenters. The van der Waals surface area contributed by atoms with Crippen LogP contribution < -0.4 is 10.5 Å². The van der Waals surface area contributed by atoms with E-state index in [1.807, 2.05) is 31.2 Å². The highest BCUT2D eigenvalue weighted by molar-refractivity contribution is 5.26. The lowest BCUT2D eigenvalue weighted by Gasteiger charge is -2.09. The number of hydrogen-bond donors (Lipinski definition) is 2. The molecule has 0 aliphatic heterocycles. The van der Waals surface area contributed by atoms with Crippen molar-refractivity contribution in [1.29, 1.82) is 0 Å². The number of nitrogens with two attached hydrogens (primary N) is 1. The normalized spacial score (nSPS) is 12.5. The molecule has 0 bridgehead atoms. The molecule has 0 spiro atoms. The van der Waals surface area contributed by atoms with Crippen LogP contribution in [0.1, 0.15) is 12.0 Å². The second-order valence-corrected chi connectivity index (χ2v) is 3.34. The Morgan fingerprint density at radius 1 is 1.36 bits per heavy atom. The summed E-state index contributed by atoms with van der Waals surface area (Å²) < 4.78 is 5.42. The van der Waals surface area contributed by atoms with Gasteiger partial charge in [-0.3, -0.25) is 0 Å². The molecular weight excluding hydrogens is 178 g/mol. The molecule has 0 fully saturated rings. The molecule has 3 heteroatoms. The molecule has 0 saturated heterocycles. The third kappa shape index (κ3) is 3.77. The van der Waals surface area contributed by atoms with Gasteiger partial charge in [-0.2, -0.15) is 0 Å². The summed E-state index contributed by atoms with van der Waals surface area (Å²) in [6.07, 6.45) is 0.116. The molecule has 0 aliphatic rings. The molecule has 0 heterocycles. The van der Waals surface area contributed by atoms with Crippen LogP contribution in [0.25, 0.3) is 0 Å². The monoisotopic (exact) mass is 195 g/mol. The molecule has 3 N–H and O–H groups in total. The maximum Gasteiger partial charge on any atom is 0.119 e. The van der Waals surface area contributed by atoms with Crippen LogP contribution in [0.5, 0.6) is 5.75 Å². The fourth-order valence-electron chi connectivity index (χ4n) is 1.07. The van der Waals surface area contributed by atoms with Crippen molar-refractivity contribution < 1.29 is 9.84 Å². The van der Waals surface area contributed by atoms with E-state index in [1.54, 1.807) is 0 Å². The van der Waals surface area contributed by atoms with E-state index < -0.39 is 6.10 Å². The van der Waals surface area contributed by atoms with Crippen molar-refractivity contribution in [3.63, 3.8) is 0 Å². The first-order valence-corrected chi connectivity index (χ1v) is 4.80. The van der Waals surface area contributed by atoms with Crippen LogP contribution in [0, 0.1) is 6.92 Å². The Morgan fingerprint density at radius 2 is 2.00 bits per heavy atom. The van der Waals surface area contributed by atoms with Gasteiger partial charge in [-0.15, -0.1) is 0 Å². The van der Waals surface area contributed by atoms with Gasteiger partial charge in [-0.05, 0) is 19.1 Å². The van der Waals surface area contributed by atoms with Crippen LogP contribution in [-0.4, -0.2) is 24.4 Å². The Kier molecular flexibility index (Phi) is 4.43. The fraction of sp³-hybridized carbons (Fsp3) is 0.455. The molecule has 1 aromatic carbocycles. The van der Waals surface area contributed by atoms with Gasteiger partial charge in [0.05, 0.1) is 12.7 Å². The highest BCUT2D eigenvalue weighted by Gasteiger charge is 2.00. The summed E-state index contributed by atoms with van der Waals surface area (Å²) in [5, 5.41) is 9.18. The largest absolute Gasteiger partial charge is 0.493 e. The van der Waals surface area contributed by atoms with Crippen LogP contribution in [0.3, 0.4) is 0 Å². The Labute approximate surface area is 84.5 Å². The lowest BCUT2D eigenvalue weighted by molar-refractivity contribution is 0.146. The summed E-state index contributed by atoms with van der Waals surface area (Å²) in [5.41, 5.74) is 6.47. The minimum absolute atomic E-state index is 0.289. The van der Waals surface area contributed by atoms with E-state index >= 15 is 0 Å². The van der Waals surface area contributed by atoms with Gasteiger partial charge in [-0.1, -0.05) is 17.7 Å². The Hall–Kier alpha value is -1.06. The molecule has 1 rings (SSSR count). The smallest absolute Gasteiger partial charge is 0.119 e. The van der Waals surface area contributed by atoms with Gasteiger partial charge in [-0.25, -0.2) is 0 Å². The summed E-state index contributed by atoms with van der Waals surface area (Å²) in [7, 11) is 0. The zero-order valence-corrected chi connectivity index (χ0v) is 8.44. The van der Waals surface area contributed by atoms with Gasteiger partial charge in [0.2, 0.25) is 0 Å². The average molecular weight is 195 g/mol. The van der Waals surface area contributed by atoms with Crippen molar-refractivity contribution in [3.05, 3.63) is 29.8 Å². The first-order chi connectivity index (χ1) is 6.72. The quantitative estimate of drug-likeness (QED) is 0.739. The second-order valence-electron chi connectivity index (χ2n) is 3.34. The first-order valence-electron chi connectivity index (χ1n) is 4.80. The number of aliphatic hydroxyl groups is 1. The van der Waals surface area contributed by atoms with Gasteiger partial charge in [0.1, 0.15) is 5.75 Å². The van der Waals surface area contributed by atoms with Gasteiger partial charge in [0.25, 0.3) is 0 Å². The van der Waals surface area contributed by atoms with Crippen molar-refractivity contribution in [2.75, 3.05) is 13.2 Å². The molecular formula is C11H17NO2. The highest BCUT2D eigenvalue weighted by atomic mass is 16.5. The van der Waals surface area contributed by atoms with Crippen molar-refractivity contribution in [1.82, 2.24) is 0 Å². The molecule has 3 nitrogen and oxygen atoms in total. The zero-order chi connectivity index (χ0) is 10.4. The van der Waals surface area contributed by atoms with E-state index in [2.05, 4.69) is 0 Å². The maximum atomic E-state index is 9.18. The summed E-state index contributed by atoms with van der Waals surface area (Å²) in [5.74, 6) is 0.833. The molecule has 0 radical (unpaired) electrons. The van der Waals surface area contributed by atoms with E-state index in [4.69, 9.17) is 10.5 Å². The predicted octanol–water partition coefficient (Wildman–Crippen LogP) is 1.08.